The summed E-state index contributed by atoms with van der Waals surface area (Å²) >= 11 is 0. The molecule has 0 saturated carbocycles. The van der Waals surface area contributed by atoms with Crippen molar-refractivity contribution in [2.75, 3.05) is 32.7 Å². The first-order chi connectivity index (χ1) is 8.90. The summed E-state index contributed by atoms with van der Waals surface area (Å²) in [5, 5.41) is 8.99. The second kappa shape index (κ2) is 7.48. The zero-order chi connectivity index (χ0) is 14.4. The highest BCUT2D eigenvalue weighted by molar-refractivity contribution is 5.78. The molecule has 19 heavy (non-hydrogen) atoms. The van der Waals surface area contributed by atoms with Crippen LogP contribution in [0.5, 0.6) is 0 Å². The van der Waals surface area contributed by atoms with Crippen LogP contribution in [0, 0.1) is 11.8 Å². The van der Waals surface area contributed by atoms with Crippen LogP contribution in [0.1, 0.15) is 33.6 Å². The van der Waals surface area contributed by atoms with Crippen LogP contribution in [0.2, 0.25) is 0 Å². The first-order valence-electron chi connectivity index (χ1n) is 7.13. The fraction of sp³-hybridized carbons (Fsp3) is 0.857. The van der Waals surface area contributed by atoms with Crippen molar-refractivity contribution in [3.05, 3.63) is 0 Å². The molecule has 1 heterocycles. The van der Waals surface area contributed by atoms with Crippen LogP contribution in [0.25, 0.3) is 0 Å². The molecule has 0 aliphatic carbocycles. The van der Waals surface area contributed by atoms with E-state index in [1.165, 1.54) is 0 Å². The molecule has 1 amide bonds. The van der Waals surface area contributed by atoms with E-state index in [1.54, 1.807) is 6.92 Å². The summed E-state index contributed by atoms with van der Waals surface area (Å²) < 4.78 is 0. The molecule has 1 unspecified atom stereocenters. The van der Waals surface area contributed by atoms with Crippen LogP contribution in [-0.2, 0) is 9.59 Å². The highest BCUT2D eigenvalue weighted by Crippen LogP contribution is 2.10. The number of carbonyl (C=O) groups is 2. The predicted octanol–water partition coefficient (Wildman–Crippen LogP) is 1.29. The molecule has 0 aromatic carbocycles. The van der Waals surface area contributed by atoms with Crippen molar-refractivity contribution < 1.29 is 14.7 Å². The van der Waals surface area contributed by atoms with Crippen LogP contribution in [0.15, 0.2) is 0 Å². The molecule has 1 atom stereocenters. The van der Waals surface area contributed by atoms with E-state index in [9.17, 15) is 9.59 Å². The van der Waals surface area contributed by atoms with Gasteiger partial charge in [0, 0.05) is 26.2 Å². The van der Waals surface area contributed by atoms with Crippen molar-refractivity contribution in [2.24, 2.45) is 11.8 Å². The van der Waals surface area contributed by atoms with E-state index < -0.39 is 11.9 Å². The van der Waals surface area contributed by atoms with Gasteiger partial charge in [-0.25, -0.2) is 0 Å². The van der Waals surface area contributed by atoms with Gasteiger partial charge in [-0.15, -0.1) is 0 Å². The maximum atomic E-state index is 12.1. The van der Waals surface area contributed by atoms with Crippen molar-refractivity contribution in [3.63, 3.8) is 0 Å². The Balaban J connectivity index is 2.52. The summed E-state index contributed by atoms with van der Waals surface area (Å²) in [5.74, 6) is -0.685. The molecule has 1 aliphatic rings. The maximum absolute atomic E-state index is 12.1. The van der Waals surface area contributed by atoms with Gasteiger partial charge in [-0.3, -0.25) is 14.5 Å². The quantitative estimate of drug-likeness (QED) is 0.757. The zero-order valence-electron chi connectivity index (χ0n) is 12.3. The van der Waals surface area contributed by atoms with Gasteiger partial charge in [0.25, 0.3) is 0 Å². The lowest BCUT2D eigenvalue weighted by atomic mass is 10.1. The predicted molar refractivity (Wildman–Crippen MR) is 73.9 cm³/mol. The van der Waals surface area contributed by atoms with Gasteiger partial charge in [0.1, 0.15) is 0 Å². The fourth-order valence-electron chi connectivity index (χ4n) is 2.44. The molecule has 1 saturated heterocycles. The molecule has 0 aromatic rings. The van der Waals surface area contributed by atoms with E-state index in [0.29, 0.717) is 19.0 Å². The van der Waals surface area contributed by atoms with Gasteiger partial charge in [-0.2, -0.15) is 0 Å². The Kier molecular flexibility index (Phi) is 6.28. The van der Waals surface area contributed by atoms with Crippen LogP contribution in [0.3, 0.4) is 0 Å². The highest BCUT2D eigenvalue weighted by atomic mass is 16.4. The monoisotopic (exact) mass is 270 g/mol. The number of carbonyl (C=O) groups excluding carboxylic acids is 1. The molecule has 0 bridgehead atoms. The number of hydrogen-bond donors (Lipinski definition) is 1. The number of aliphatic carboxylic acids is 1. The smallest absolute Gasteiger partial charge is 0.307 e. The van der Waals surface area contributed by atoms with Crippen LogP contribution in [0.4, 0.5) is 0 Å². The van der Waals surface area contributed by atoms with Crippen molar-refractivity contribution in [3.8, 4) is 0 Å². The SMILES string of the molecule is CC(C)CN(CC(=O)N1CCCC1)CC(C)C(=O)O. The number of hydrogen-bond acceptors (Lipinski definition) is 3. The van der Waals surface area contributed by atoms with Gasteiger partial charge in [0.15, 0.2) is 0 Å². The van der Waals surface area contributed by atoms with Crippen molar-refractivity contribution in [1.82, 2.24) is 9.80 Å². The first kappa shape index (κ1) is 16.0. The van der Waals surface area contributed by atoms with Gasteiger partial charge >= 0.3 is 5.97 Å². The van der Waals surface area contributed by atoms with E-state index in [4.69, 9.17) is 5.11 Å². The summed E-state index contributed by atoms with van der Waals surface area (Å²) in [5.41, 5.74) is 0. The molecular weight excluding hydrogens is 244 g/mol. The summed E-state index contributed by atoms with van der Waals surface area (Å²) in [6, 6.07) is 0. The molecule has 1 fully saturated rings. The summed E-state index contributed by atoms with van der Waals surface area (Å²) in [7, 11) is 0. The minimum atomic E-state index is -0.803. The summed E-state index contributed by atoms with van der Waals surface area (Å²) in [4.78, 5) is 26.9. The highest BCUT2D eigenvalue weighted by Gasteiger charge is 2.23. The van der Waals surface area contributed by atoms with Crippen molar-refractivity contribution in [2.45, 2.75) is 33.6 Å². The Morgan fingerprint density at radius 3 is 2.21 bits per heavy atom. The molecule has 110 valence electrons. The second-order valence-corrected chi connectivity index (χ2v) is 5.92. The zero-order valence-corrected chi connectivity index (χ0v) is 12.3. The summed E-state index contributed by atoms with van der Waals surface area (Å²) in [6.07, 6.45) is 2.17. The lowest BCUT2D eigenvalue weighted by Gasteiger charge is -2.27. The van der Waals surface area contributed by atoms with Crippen molar-refractivity contribution >= 4 is 11.9 Å². The number of amides is 1. The normalized spacial score (nSPS) is 17.2. The fourth-order valence-corrected chi connectivity index (χ4v) is 2.44. The van der Waals surface area contributed by atoms with E-state index in [0.717, 1.165) is 32.5 Å². The number of carboxylic acids is 1. The number of carboxylic acid groups (broad SMARTS) is 1. The topological polar surface area (TPSA) is 60.9 Å². The molecule has 5 heteroatoms. The van der Waals surface area contributed by atoms with Gasteiger partial charge in [0.05, 0.1) is 12.5 Å². The van der Waals surface area contributed by atoms with Gasteiger partial charge < -0.3 is 10.0 Å². The Morgan fingerprint density at radius 1 is 1.16 bits per heavy atom. The number of rotatable bonds is 7. The molecule has 5 nitrogen and oxygen atoms in total. The third-order valence-corrected chi connectivity index (χ3v) is 3.39. The van der Waals surface area contributed by atoms with Crippen LogP contribution in [-0.4, -0.2) is 59.5 Å². The Labute approximate surface area is 115 Å². The van der Waals surface area contributed by atoms with E-state index in [1.807, 2.05) is 9.80 Å². The minimum absolute atomic E-state index is 0.135. The van der Waals surface area contributed by atoms with Gasteiger partial charge in [0.2, 0.25) is 5.91 Å². The molecule has 0 radical (unpaired) electrons. The minimum Gasteiger partial charge on any atom is -0.481 e. The van der Waals surface area contributed by atoms with Crippen molar-refractivity contribution in [1.29, 1.82) is 0 Å². The van der Waals surface area contributed by atoms with Gasteiger partial charge in [-0.05, 0) is 18.8 Å². The molecule has 1 aliphatic heterocycles. The molecule has 0 aromatic heterocycles. The molecule has 0 spiro atoms. The third kappa shape index (κ3) is 5.59. The lowest BCUT2D eigenvalue weighted by molar-refractivity contribution is -0.142. The maximum Gasteiger partial charge on any atom is 0.307 e. The average molecular weight is 270 g/mol. The van der Waals surface area contributed by atoms with E-state index in [-0.39, 0.29) is 5.91 Å². The number of nitrogens with zero attached hydrogens (tertiary/aromatic N) is 2. The number of likely N-dealkylation sites (tertiary alicyclic amines) is 1. The average Bonchev–Trinajstić information content (AvgIpc) is 2.80. The Hall–Kier alpha value is -1.10. The van der Waals surface area contributed by atoms with E-state index >= 15 is 0 Å². The first-order valence-corrected chi connectivity index (χ1v) is 7.13. The lowest BCUT2D eigenvalue weighted by Crippen LogP contribution is -2.43. The Bertz CT molecular complexity index is 312. The largest absolute Gasteiger partial charge is 0.481 e. The van der Waals surface area contributed by atoms with Gasteiger partial charge in [-0.1, -0.05) is 20.8 Å². The summed E-state index contributed by atoms with van der Waals surface area (Å²) in [6.45, 7) is 9.10. The molecule has 1 N–H and O–H groups in total. The second-order valence-electron chi connectivity index (χ2n) is 5.92. The van der Waals surface area contributed by atoms with E-state index in [2.05, 4.69) is 13.8 Å². The molecular formula is C14H26N2O3. The van der Waals surface area contributed by atoms with Crippen LogP contribution < -0.4 is 0 Å². The van der Waals surface area contributed by atoms with Crippen LogP contribution >= 0.6 is 0 Å². The Morgan fingerprint density at radius 2 is 1.74 bits per heavy atom. The molecule has 1 rings (SSSR count). The third-order valence-electron chi connectivity index (χ3n) is 3.39. The standard InChI is InChI=1S/C14H26N2O3/c1-11(2)8-15(9-12(3)14(18)19)10-13(17)16-6-4-5-7-16/h11-12H,4-10H2,1-3H3,(H,18,19).